The molecular weight excluding hydrogens is 288 g/mol. The molecule has 0 radical (unpaired) electrons. The lowest BCUT2D eigenvalue weighted by molar-refractivity contribution is 0.381. The van der Waals surface area contributed by atoms with Crippen LogP contribution in [0.25, 0.3) is 11.0 Å². The van der Waals surface area contributed by atoms with Crippen molar-refractivity contribution in [1.29, 1.82) is 0 Å². The number of imidazole rings is 1. The van der Waals surface area contributed by atoms with Crippen molar-refractivity contribution < 1.29 is 13.5 Å². The van der Waals surface area contributed by atoms with E-state index in [4.69, 9.17) is 10.5 Å². The summed E-state index contributed by atoms with van der Waals surface area (Å²) in [5.74, 6) is -0.754. The van der Waals surface area contributed by atoms with Crippen LogP contribution in [-0.2, 0) is 6.42 Å². The summed E-state index contributed by atoms with van der Waals surface area (Å²) in [7, 11) is 1.29. The quantitative estimate of drug-likeness (QED) is 0.778. The third-order valence-electron chi connectivity index (χ3n) is 3.52. The topological polar surface area (TPSA) is 63.9 Å². The SMILES string of the molecule is COc1cc(F)c(CC(N)c2nc3ccccc3[nH]2)cc1F. The summed E-state index contributed by atoms with van der Waals surface area (Å²) in [6, 6.07) is 9.06. The van der Waals surface area contributed by atoms with Crippen molar-refractivity contribution in [3.8, 4) is 5.75 Å². The number of para-hydroxylation sites is 2. The number of aromatic amines is 1. The van der Waals surface area contributed by atoms with Crippen molar-refractivity contribution in [2.45, 2.75) is 12.5 Å². The lowest BCUT2D eigenvalue weighted by Crippen LogP contribution is -2.16. The van der Waals surface area contributed by atoms with Gasteiger partial charge in [0.25, 0.3) is 0 Å². The predicted octanol–water partition coefficient (Wildman–Crippen LogP) is 3.09. The molecular formula is C16H15F2N3O. The van der Waals surface area contributed by atoms with Gasteiger partial charge in [0.1, 0.15) is 11.6 Å². The molecule has 114 valence electrons. The first-order chi connectivity index (χ1) is 10.6. The van der Waals surface area contributed by atoms with Gasteiger partial charge in [0, 0.05) is 6.07 Å². The molecule has 0 fully saturated rings. The van der Waals surface area contributed by atoms with Crippen LogP contribution >= 0.6 is 0 Å². The Balaban J connectivity index is 1.87. The minimum absolute atomic E-state index is 0.126. The predicted molar refractivity (Wildman–Crippen MR) is 79.6 cm³/mol. The molecule has 0 saturated carbocycles. The smallest absolute Gasteiger partial charge is 0.165 e. The lowest BCUT2D eigenvalue weighted by atomic mass is 10.0. The Bertz CT molecular complexity index is 783. The number of nitrogens with two attached hydrogens (primary N) is 1. The first-order valence-corrected chi connectivity index (χ1v) is 6.80. The Labute approximate surface area is 125 Å². The molecule has 1 heterocycles. The molecule has 0 aliphatic heterocycles. The third kappa shape index (κ3) is 2.65. The number of fused-ring (bicyclic) bond motifs is 1. The van der Waals surface area contributed by atoms with Crippen molar-refractivity contribution in [3.63, 3.8) is 0 Å². The second kappa shape index (κ2) is 5.73. The summed E-state index contributed by atoms with van der Waals surface area (Å²) < 4.78 is 32.4. The first kappa shape index (κ1) is 14.5. The number of H-pyrrole nitrogens is 1. The van der Waals surface area contributed by atoms with Gasteiger partial charge in [-0.15, -0.1) is 0 Å². The van der Waals surface area contributed by atoms with Gasteiger partial charge in [-0.05, 0) is 30.2 Å². The maximum absolute atomic E-state index is 14.0. The summed E-state index contributed by atoms with van der Waals surface area (Å²) in [5.41, 5.74) is 7.89. The average molecular weight is 303 g/mol. The monoisotopic (exact) mass is 303 g/mol. The third-order valence-corrected chi connectivity index (χ3v) is 3.52. The van der Waals surface area contributed by atoms with Crippen molar-refractivity contribution in [1.82, 2.24) is 9.97 Å². The largest absolute Gasteiger partial charge is 0.494 e. The van der Waals surface area contributed by atoms with Crippen LogP contribution in [0.1, 0.15) is 17.4 Å². The molecule has 3 rings (SSSR count). The van der Waals surface area contributed by atoms with Gasteiger partial charge in [0.05, 0.1) is 24.2 Å². The highest BCUT2D eigenvalue weighted by atomic mass is 19.1. The summed E-state index contributed by atoms with van der Waals surface area (Å²) in [6.07, 6.45) is 0.132. The number of rotatable bonds is 4. The van der Waals surface area contributed by atoms with E-state index in [0.29, 0.717) is 5.82 Å². The molecule has 4 nitrogen and oxygen atoms in total. The molecule has 0 amide bonds. The first-order valence-electron chi connectivity index (χ1n) is 6.80. The van der Waals surface area contributed by atoms with E-state index < -0.39 is 17.7 Å². The van der Waals surface area contributed by atoms with Crippen LogP contribution in [0.15, 0.2) is 36.4 Å². The van der Waals surface area contributed by atoms with E-state index in [1.165, 1.54) is 7.11 Å². The van der Waals surface area contributed by atoms with Crippen molar-refractivity contribution in [2.24, 2.45) is 5.73 Å². The number of ether oxygens (including phenoxy) is 1. The minimum Gasteiger partial charge on any atom is -0.494 e. The highest BCUT2D eigenvalue weighted by Gasteiger charge is 2.17. The van der Waals surface area contributed by atoms with E-state index in [1.807, 2.05) is 24.3 Å². The Kier molecular flexibility index (Phi) is 3.77. The molecule has 0 saturated heterocycles. The highest BCUT2D eigenvalue weighted by Crippen LogP contribution is 2.24. The van der Waals surface area contributed by atoms with Gasteiger partial charge in [-0.2, -0.15) is 0 Å². The Hall–Kier alpha value is -2.47. The van der Waals surface area contributed by atoms with Gasteiger partial charge >= 0.3 is 0 Å². The van der Waals surface area contributed by atoms with E-state index in [2.05, 4.69) is 9.97 Å². The Morgan fingerprint density at radius 1 is 1.23 bits per heavy atom. The maximum Gasteiger partial charge on any atom is 0.165 e. The number of hydrogen-bond acceptors (Lipinski definition) is 3. The van der Waals surface area contributed by atoms with Crippen molar-refractivity contribution in [2.75, 3.05) is 7.11 Å². The molecule has 1 unspecified atom stereocenters. The zero-order valence-corrected chi connectivity index (χ0v) is 11.9. The van der Waals surface area contributed by atoms with E-state index in [0.717, 1.165) is 23.2 Å². The zero-order valence-electron chi connectivity index (χ0n) is 11.9. The molecule has 1 atom stereocenters. The van der Waals surface area contributed by atoms with Crippen LogP contribution in [-0.4, -0.2) is 17.1 Å². The van der Waals surface area contributed by atoms with E-state index in [-0.39, 0.29) is 17.7 Å². The molecule has 0 aliphatic rings. The zero-order chi connectivity index (χ0) is 15.7. The van der Waals surface area contributed by atoms with Gasteiger partial charge in [-0.1, -0.05) is 12.1 Å². The Morgan fingerprint density at radius 3 is 2.73 bits per heavy atom. The normalized spacial score (nSPS) is 12.5. The lowest BCUT2D eigenvalue weighted by Gasteiger charge is -2.11. The Morgan fingerprint density at radius 2 is 2.00 bits per heavy atom. The van der Waals surface area contributed by atoms with Crippen molar-refractivity contribution >= 4 is 11.0 Å². The highest BCUT2D eigenvalue weighted by molar-refractivity contribution is 5.74. The number of hydrogen-bond donors (Lipinski definition) is 2. The van der Waals surface area contributed by atoms with Gasteiger partial charge in [0.2, 0.25) is 0 Å². The molecule has 3 aromatic rings. The fraction of sp³-hybridized carbons (Fsp3) is 0.188. The van der Waals surface area contributed by atoms with Crippen LogP contribution in [0.4, 0.5) is 8.78 Å². The van der Waals surface area contributed by atoms with Gasteiger partial charge < -0.3 is 15.5 Å². The average Bonchev–Trinajstić information content (AvgIpc) is 2.94. The van der Waals surface area contributed by atoms with Gasteiger partial charge in [-0.25, -0.2) is 13.8 Å². The fourth-order valence-electron chi connectivity index (χ4n) is 2.36. The second-order valence-corrected chi connectivity index (χ2v) is 5.03. The fourth-order valence-corrected chi connectivity index (χ4v) is 2.36. The van der Waals surface area contributed by atoms with E-state index >= 15 is 0 Å². The van der Waals surface area contributed by atoms with Crippen LogP contribution in [0, 0.1) is 11.6 Å². The van der Waals surface area contributed by atoms with E-state index in [1.54, 1.807) is 0 Å². The van der Waals surface area contributed by atoms with Crippen LogP contribution in [0.3, 0.4) is 0 Å². The summed E-state index contributed by atoms with van der Waals surface area (Å²) >= 11 is 0. The number of aromatic nitrogens is 2. The molecule has 6 heteroatoms. The number of halogens is 2. The summed E-state index contributed by atoms with van der Waals surface area (Å²) in [6.45, 7) is 0. The van der Waals surface area contributed by atoms with Crippen LogP contribution in [0.5, 0.6) is 5.75 Å². The van der Waals surface area contributed by atoms with Gasteiger partial charge in [0.15, 0.2) is 11.6 Å². The minimum atomic E-state index is -0.615. The standard InChI is InChI=1S/C16H15F2N3O/c1-22-15-8-10(17)9(6-11(15)18)7-12(19)16-20-13-4-2-3-5-14(13)21-16/h2-6,8,12H,7,19H2,1H3,(H,20,21). The molecule has 1 aromatic heterocycles. The van der Waals surface area contributed by atoms with Gasteiger partial charge in [-0.3, -0.25) is 0 Å². The number of benzene rings is 2. The summed E-state index contributed by atoms with van der Waals surface area (Å²) in [4.78, 5) is 7.47. The summed E-state index contributed by atoms with van der Waals surface area (Å²) in [5, 5.41) is 0. The van der Waals surface area contributed by atoms with Crippen LogP contribution < -0.4 is 10.5 Å². The second-order valence-electron chi connectivity index (χ2n) is 5.03. The maximum atomic E-state index is 14.0. The van der Waals surface area contributed by atoms with Crippen LogP contribution in [0.2, 0.25) is 0 Å². The number of methoxy groups -OCH3 is 1. The van der Waals surface area contributed by atoms with E-state index in [9.17, 15) is 8.78 Å². The number of nitrogens with zero attached hydrogens (tertiary/aromatic N) is 1. The number of nitrogens with one attached hydrogen (secondary N) is 1. The molecule has 0 spiro atoms. The van der Waals surface area contributed by atoms with Crippen molar-refractivity contribution in [3.05, 3.63) is 59.4 Å². The molecule has 0 bridgehead atoms. The molecule has 22 heavy (non-hydrogen) atoms. The molecule has 0 aliphatic carbocycles. The molecule has 3 N–H and O–H groups in total. The molecule has 2 aromatic carbocycles.